The van der Waals surface area contributed by atoms with Gasteiger partial charge in [0.15, 0.2) is 0 Å². The molecule has 0 bridgehead atoms. The summed E-state index contributed by atoms with van der Waals surface area (Å²) in [5.41, 5.74) is 1.17. The number of aromatic nitrogens is 2. The lowest BCUT2D eigenvalue weighted by atomic mass is 10.2. The Morgan fingerprint density at radius 3 is 2.50 bits per heavy atom. The molecule has 0 aliphatic heterocycles. The van der Waals surface area contributed by atoms with Gasteiger partial charge in [-0.2, -0.15) is 0 Å². The highest BCUT2D eigenvalue weighted by atomic mass is 35.5. The lowest BCUT2D eigenvalue weighted by Gasteiger charge is -2.21. The molecule has 0 saturated carbocycles. The predicted molar refractivity (Wildman–Crippen MR) is 98.1 cm³/mol. The third kappa shape index (κ3) is 4.72. The van der Waals surface area contributed by atoms with Crippen LogP contribution in [0.1, 0.15) is 26.3 Å². The first-order valence-electron chi connectivity index (χ1n) is 7.12. The Bertz CT molecular complexity index is 836. The molecule has 0 amide bonds. The van der Waals surface area contributed by atoms with Gasteiger partial charge in [0.2, 0.25) is 15.3 Å². The molecular formula is C15H18Cl2N4O2S. The summed E-state index contributed by atoms with van der Waals surface area (Å²) in [6, 6.07) is 6.81. The number of rotatable bonds is 5. The third-order valence-electron chi connectivity index (χ3n) is 3.18. The van der Waals surface area contributed by atoms with Crippen LogP contribution < -0.4 is 10.0 Å². The molecule has 24 heavy (non-hydrogen) atoms. The van der Waals surface area contributed by atoms with E-state index in [9.17, 15) is 8.42 Å². The predicted octanol–water partition coefficient (Wildman–Crippen LogP) is 3.94. The Kier molecular flexibility index (Phi) is 5.57. The van der Waals surface area contributed by atoms with Crippen molar-refractivity contribution < 1.29 is 8.42 Å². The molecular weight excluding hydrogens is 371 g/mol. The van der Waals surface area contributed by atoms with Crippen molar-refractivity contribution in [2.45, 2.75) is 32.1 Å². The number of nitrogens with one attached hydrogen (secondary N) is 2. The molecule has 0 unspecified atom stereocenters. The number of sulfonamides is 1. The Morgan fingerprint density at radius 2 is 1.88 bits per heavy atom. The van der Waals surface area contributed by atoms with Crippen molar-refractivity contribution in [3.8, 4) is 0 Å². The van der Waals surface area contributed by atoms with Gasteiger partial charge in [-0.15, -0.1) is 0 Å². The Balaban J connectivity index is 2.17. The molecule has 1 heterocycles. The molecule has 6 nitrogen and oxygen atoms in total. The lowest BCUT2D eigenvalue weighted by Crippen LogP contribution is -2.33. The van der Waals surface area contributed by atoms with Crippen LogP contribution in [0.5, 0.6) is 0 Å². The summed E-state index contributed by atoms with van der Waals surface area (Å²) >= 11 is 11.8. The van der Waals surface area contributed by atoms with Crippen molar-refractivity contribution in [1.29, 1.82) is 0 Å². The van der Waals surface area contributed by atoms with Gasteiger partial charge < -0.3 is 5.32 Å². The fourth-order valence-electron chi connectivity index (χ4n) is 1.68. The van der Waals surface area contributed by atoms with Gasteiger partial charge in [-0.05, 0) is 56.1 Å². The summed E-state index contributed by atoms with van der Waals surface area (Å²) in [5, 5.41) is 3.56. The molecule has 1 aromatic carbocycles. The van der Waals surface area contributed by atoms with Crippen molar-refractivity contribution in [3.05, 3.63) is 46.3 Å². The zero-order valence-corrected chi connectivity index (χ0v) is 15.8. The van der Waals surface area contributed by atoms with Crippen LogP contribution in [0.15, 0.2) is 30.5 Å². The van der Waals surface area contributed by atoms with Gasteiger partial charge in [0.05, 0.1) is 15.5 Å². The van der Waals surface area contributed by atoms with Gasteiger partial charge in [-0.25, -0.2) is 18.4 Å². The molecule has 2 rings (SSSR count). The molecule has 0 aliphatic rings. The van der Waals surface area contributed by atoms with Crippen LogP contribution in [0.3, 0.4) is 0 Å². The van der Waals surface area contributed by atoms with E-state index in [1.165, 1.54) is 0 Å². The number of nitrogens with zero attached hydrogens (tertiary/aromatic N) is 2. The minimum absolute atomic E-state index is 0.148. The van der Waals surface area contributed by atoms with E-state index < -0.39 is 14.8 Å². The summed E-state index contributed by atoms with van der Waals surface area (Å²) in [6.45, 7) is 5.28. The molecule has 2 N–H and O–H groups in total. The highest BCUT2D eigenvalue weighted by molar-refractivity contribution is 7.94. The molecule has 1 aromatic heterocycles. The van der Waals surface area contributed by atoms with Gasteiger partial charge in [0, 0.05) is 12.7 Å². The first-order valence-corrected chi connectivity index (χ1v) is 9.35. The summed E-state index contributed by atoms with van der Waals surface area (Å²) < 4.78 is 26.2. The first-order chi connectivity index (χ1) is 11.1. The van der Waals surface area contributed by atoms with Crippen molar-refractivity contribution in [3.63, 3.8) is 0 Å². The lowest BCUT2D eigenvalue weighted by molar-refractivity contribution is 0.566. The maximum Gasteiger partial charge on any atom is 0.237 e. The molecule has 0 fully saturated rings. The van der Waals surface area contributed by atoms with Gasteiger partial charge in [0.1, 0.15) is 5.82 Å². The largest absolute Gasteiger partial charge is 0.366 e. The van der Waals surface area contributed by atoms with Crippen LogP contribution in [-0.4, -0.2) is 23.1 Å². The molecule has 0 aliphatic carbocycles. The van der Waals surface area contributed by atoms with E-state index in [1.54, 1.807) is 51.2 Å². The van der Waals surface area contributed by atoms with Gasteiger partial charge in [0.25, 0.3) is 0 Å². The van der Waals surface area contributed by atoms with Crippen LogP contribution in [0.4, 0.5) is 11.5 Å². The quantitative estimate of drug-likeness (QED) is 0.757. The van der Waals surface area contributed by atoms with Crippen LogP contribution in [0.25, 0.3) is 0 Å². The summed E-state index contributed by atoms with van der Waals surface area (Å²) in [6.07, 6.45) is 1.54. The molecule has 0 atom stereocenters. The van der Waals surface area contributed by atoms with E-state index in [1.807, 2.05) is 0 Å². The molecule has 0 spiro atoms. The van der Waals surface area contributed by atoms with E-state index in [4.69, 9.17) is 23.2 Å². The molecule has 2 aromatic rings. The second kappa shape index (κ2) is 7.13. The monoisotopic (exact) mass is 388 g/mol. The van der Waals surface area contributed by atoms with Gasteiger partial charge in [-0.1, -0.05) is 17.7 Å². The Morgan fingerprint density at radius 1 is 1.17 bits per heavy atom. The second-order valence-corrected chi connectivity index (χ2v) is 9.28. The van der Waals surface area contributed by atoms with Crippen molar-refractivity contribution >= 4 is 44.7 Å². The number of hydrogen-bond donors (Lipinski definition) is 2. The normalized spacial score (nSPS) is 12.0. The molecule has 130 valence electrons. The second-order valence-electron chi connectivity index (χ2n) is 6.10. The summed E-state index contributed by atoms with van der Waals surface area (Å²) in [7, 11) is -3.56. The first kappa shape index (κ1) is 18.8. The minimum atomic E-state index is -3.56. The van der Waals surface area contributed by atoms with E-state index in [2.05, 4.69) is 20.0 Å². The highest BCUT2D eigenvalue weighted by Crippen LogP contribution is 2.27. The number of halogens is 2. The molecule has 9 heteroatoms. The Hall–Kier alpha value is -1.57. The minimum Gasteiger partial charge on any atom is -0.366 e. The van der Waals surface area contributed by atoms with Crippen molar-refractivity contribution in [2.24, 2.45) is 0 Å². The summed E-state index contributed by atoms with van der Waals surface area (Å²) in [4.78, 5) is 7.83. The number of hydrogen-bond acceptors (Lipinski definition) is 5. The van der Waals surface area contributed by atoms with E-state index >= 15 is 0 Å². The van der Waals surface area contributed by atoms with E-state index in [0.717, 1.165) is 5.56 Å². The zero-order valence-electron chi connectivity index (χ0n) is 13.5. The molecule has 0 radical (unpaired) electrons. The van der Waals surface area contributed by atoms with E-state index in [-0.39, 0.29) is 5.28 Å². The highest BCUT2D eigenvalue weighted by Gasteiger charge is 2.29. The van der Waals surface area contributed by atoms with Gasteiger partial charge in [-0.3, -0.25) is 4.72 Å². The fourth-order valence-corrected chi connectivity index (χ4v) is 2.82. The maximum atomic E-state index is 12.3. The maximum absolute atomic E-state index is 12.3. The van der Waals surface area contributed by atoms with Crippen molar-refractivity contribution in [1.82, 2.24) is 9.97 Å². The molecule has 0 saturated heterocycles. The summed E-state index contributed by atoms with van der Waals surface area (Å²) in [5.74, 6) is 0.571. The van der Waals surface area contributed by atoms with Crippen LogP contribution in [0, 0.1) is 0 Å². The van der Waals surface area contributed by atoms with Crippen LogP contribution in [0.2, 0.25) is 10.3 Å². The SMILES string of the molecule is CC(C)(C)S(=O)(=O)Nc1cc(CNc2ccnc(Cl)n2)ccc1Cl. The Labute approximate surface area is 151 Å². The number of anilines is 2. The average molecular weight is 389 g/mol. The topological polar surface area (TPSA) is 84.0 Å². The average Bonchev–Trinajstić information content (AvgIpc) is 2.47. The third-order valence-corrected chi connectivity index (χ3v) is 5.79. The van der Waals surface area contributed by atoms with Gasteiger partial charge >= 0.3 is 0 Å². The fraction of sp³-hybridized carbons (Fsp3) is 0.333. The zero-order chi connectivity index (χ0) is 18.0. The van der Waals surface area contributed by atoms with Crippen LogP contribution in [-0.2, 0) is 16.6 Å². The van der Waals surface area contributed by atoms with E-state index in [0.29, 0.717) is 23.1 Å². The van der Waals surface area contributed by atoms with Crippen LogP contribution >= 0.6 is 23.2 Å². The van der Waals surface area contributed by atoms with Crippen molar-refractivity contribution in [2.75, 3.05) is 10.0 Å². The smallest absolute Gasteiger partial charge is 0.237 e. The standard InChI is InChI=1S/C15H18Cl2N4O2S/c1-15(2,3)24(22,23)21-12-8-10(4-5-11(12)16)9-19-13-6-7-18-14(17)20-13/h4-8,21H,9H2,1-3H3,(H,18,19,20). The number of benzene rings is 1.